The maximum absolute atomic E-state index is 6.16. The summed E-state index contributed by atoms with van der Waals surface area (Å²) in [7, 11) is 0. The Hall–Kier alpha value is -1.38. The normalized spacial score (nSPS) is 10.3. The molecule has 0 fully saturated rings. The van der Waals surface area contributed by atoms with Crippen molar-refractivity contribution >= 4 is 28.9 Å². The monoisotopic (exact) mass is 309 g/mol. The molecule has 0 spiro atoms. The van der Waals surface area contributed by atoms with Gasteiger partial charge in [0.1, 0.15) is 5.75 Å². The Labute approximate surface area is 129 Å². The van der Waals surface area contributed by atoms with Crippen LogP contribution in [0, 0.1) is 0 Å². The van der Waals surface area contributed by atoms with E-state index in [4.69, 9.17) is 27.9 Å². The van der Waals surface area contributed by atoms with Crippen molar-refractivity contribution in [2.45, 2.75) is 19.9 Å². The number of para-hydroxylation sites is 2. The van der Waals surface area contributed by atoms with Crippen LogP contribution in [0.1, 0.15) is 18.9 Å². The van der Waals surface area contributed by atoms with E-state index in [2.05, 4.69) is 12.2 Å². The predicted octanol–water partition coefficient (Wildman–Crippen LogP) is 5.39. The maximum atomic E-state index is 6.16. The Balaban J connectivity index is 2.06. The predicted molar refractivity (Wildman–Crippen MR) is 86.0 cm³/mol. The van der Waals surface area contributed by atoms with Gasteiger partial charge in [-0.25, -0.2) is 0 Å². The van der Waals surface area contributed by atoms with Crippen LogP contribution in [0.15, 0.2) is 42.5 Å². The zero-order valence-electron chi connectivity index (χ0n) is 11.3. The van der Waals surface area contributed by atoms with Crippen LogP contribution in [0.2, 0.25) is 10.0 Å². The average Bonchev–Trinajstić information content (AvgIpc) is 2.45. The Morgan fingerprint density at radius 2 is 1.90 bits per heavy atom. The molecule has 2 rings (SSSR count). The van der Waals surface area contributed by atoms with Crippen LogP contribution in [0.3, 0.4) is 0 Å². The van der Waals surface area contributed by atoms with Crippen LogP contribution in [-0.4, -0.2) is 6.61 Å². The van der Waals surface area contributed by atoms with Crippen molar-refractivity contribution in [3.05, 3.63) is 58.1 Å². The lowest BCUT2D eigenvalue weighted by molar-refractivity contribution is 0.319. The number of rotatable bonds is 6. The molecule has 0 saturated heterocycles. The van der Waals surface area contributed by atoms with Gasteiger partial charge < -0.3 is 10.1 Å². The Bertz CT molecular complexity index is 572. The van der Waals surface area contributed by atoms with Crippen molar-refractivity contribution in [1.29, 1.82) is 0 Å². The minimum Gasteiger partial charge on any atom is -0.491 e. The molecule has 0 saturated carbocycles. The van der Waals surface area contributed by atoms with Crippen LogP contribution >= 0.6 is 23.2 Å². The number of ether oxygens (including phenoxy) is 1. The lowest BCUT2D eigenvalue weighted by Gasteiger charge is -2.13. The third-order valence-electron chi connectivity index (χ3n) is 2.83. The van der Waals surface area contributed by atoms with Gasteiger partial charge >= 0.3 is 0 Å². The first kappa shape index (κ1) is 15.0. The second kappa shape index (κ2) is 7.41. The minimum atomic E-state index is 0.627. The lowest BCUT2D eigenvalue weighted by atomic mass is 10.2. The van der Waals surface area contributed by atoms with Gasteiger partial charge in [0.05, 0.1) is 12.3 Å². The van der Waals surface area contributed by atoms with Crippen molar-refractivity contribution in [2.24, 2.45) is 0 Å². The summed E-state index contributed by atoms with van der Waals surface area (Å²) in [4.78, 5) is 0. The molecular formula is C16H17Cl2NO. The van der Waals surface area contributed by atoms with Gasteiger partial charge in [-0.2, -0.15) is 0 Å². The third-order valence-corrected chi connectivity index (χ3v) is 3.42. The van der Waals surface area contributed by atoms with Crippen molar-refractivity contribution in [3.8, 4) is 5.75 Å². The van der Waals surface area contributed by atoms with E-state index in [1.807, 2.05) is 36.4 Å². The van der Waals surface area contributed by atoms with E-state index in [-0.39, 0.29) is 0 Å². The van der Waals surface area contributed by atoms with Crippen LogP contribution in [0.25, 0.3) is 0 Å². The van der Waals surface area contributed by atoms with E-state index >= 15 is 0 Å². The highest BCUT2D eigenvalue weighted by atomic mass is 35.5. The fourth-order valence-electron chi connectivity index (χ4n) is 1.81. The molecule has 0 amide bonds. The van der Waals surface area contributed by atoms with E-state index in [1.165, 1.54) is 0 Å². The average molecular weight is 310 g/mol. The summed E-state index contributed by atoms with van der Waals surface area (Å²) in [6.45, 7) is 3.42. The fourth-order valence-corrected chi connectivity index (χ4v) is 2.28. The molecule has 20 heavy (non-hydrogen) atoms. The first-order valence-corrected chi connectivity index (χ1v) is 7.36. The van der Waals surface area contributed by atoms with Crippen molar-refractivity contribution < 1.29 is 4.74 Å². The lowest BCUT2D eigenvalue weighted by Crippen LogP contribution is -2.03. The molecule has 4 heteroatoms. The molecule has 0 bridgehead atoms. The summed E-state index contributed by atoms with van der Waals surface area (Å²) in [5, 5.41) is 4.65. The van der Waals surface area contributed by atoms with Crippen LogP contribution < -0.4 is 10.1 Å². The number of hydrogen-bond donors (Lipinski definition) is 1. The molecule has 0 radical (unpaired) electrons. The number of halogens is 2. The van der Waals surface area contributed by atoms with E-state index in [0.29, 0.717) is 23.2 Å². The summed E-state index contributed by atoms with van der Waals surface area (Å²) >= 11 is 12.1. The summed E-state index contributed by atoms with van der Waals surface area (Å²) in [5.74, 6) is 0.861. The molecule has 0 aliphatic rings. The third kappa shape index (κ3) is 4.06. The second-order valence-electron chi connectivity index (χ2n) is 4.43. The number of benzene rings is 2. The zero-order chi connectivity index (χ0) is 14.4. The molecule has 0 aromatic heterocycles. The minimum absolute atomic E-state index is 0.627. The van der Waals surface area contributed by atoms with Crippen molar-refractivity contribution in [1.82, 2.24) is 0 Å². The molecule has 0 aliphatic carbocycles. The Morgan fingerprint density at radius 1 is 1.10 bits per heavy atom. The molecule has 2 aromatic carbocycles. The van der Waals surface area contributed by atoms with Crippen LogP contribution in [0.5, 0.6) is 5.75 Å². The van der Waals surface area contributed by atoms with Gasteiger partial charge in [-0.3, -0.25) is 0 Å². The van der Waals surface area contributed by atoms with E-state index in [0.717, 1.165) is 23.4 Å². The summed E-state index contributed by atoms with van der Waals surface area (Å²) < 4.78 is 5.71. The largest absolute Gasteiger partial charge is 0.491 e. The van der Waals surface area contributed by atoms with Gasteiger partial charge in [0, 0.05) is 16.6 Å². The van der Waals surface area contributed by atoms with Crippen molar-refractivity contribution in [3.63, 3.8) is 0 Å². The molecule has 1 N–H and O–H groups in total. The molecule has 106 valence electrons. The van der Waals surface area contributed by atoms with Gasteiger partial charge in [0.15, 0.2) is 0 Å². The van der Waals surface area contributed by atoms with Gasteiger partial charge in [0.2, 0.25) is 0 Å². The number of anilines is 1. The summed E-state index contributed by atoms with van der Waals surface area (Å²) in [5.41, 5.74) is 1.97. The molecular weight excluding hydrogens is 293 g/mol. The Morgan fingerprint density at radius 3 is 2.65 bits per heavy atom. The molecule has 2 nitrogen and oxygen atoms in total. The first-order valence-electron chi connectivity index (χ1n) is 6.60. The Kier molecular flexibility index (Phi) is 5.57. The highest BCUT2D eigenvalue weighted by molar-refractivity contribution is 6.35. The smallest absolute Gasteiger partial charge is 0.142 e. The van der Waals surface area contributed by atoms with Crippen LogP contribution in [-0.2, 0) is 6.54 Å². The van der Waals surface area contributed by atoms with Crippen molar-refractivity contribution in [2.75, 3.05) is 11.9 Å². The zero-order valence-corrected chi connectivity index (χ0v) is 12.8. The first-order chi connectivity index (χ1) is 9.70. The van der Waals surface area contributed by atoms with Gasteiger partial charge in [-0.1, -0.05) is 48.3 Å². The van der Waals surface area contributed by atoms with Gasteiger partial charge in [-0.15, -0.1) is 0 Å². The molecule has 0 heterocycles. The molecule has 2 aromatic rings. The number of nitrogens with one attached hydrogen (secondary N) is 1. The highest BCUT2D eigenvalue weighted by Gasteiger charge is 2.05. The molecule has 0 atom stereocenters. The van der Waals surface area contributed by atoms with E-state index in [9.17, 15) is 0 Å². The highest BCUT2D eigenvalue weighted by Crippen LogP contribution is 2.26. The summed E-state index contributed by atoms with van der Waals surface area (Å²) in [6.07, 6.45) is 0.983. The SMILES string of the molecule is CCCOc1ccccc1NCc1ccc(Cl)cc1Cl. The quantitative estimate of drug-likeness (QED) is 0.772. The van der Waals surface area contributed by atoms with E-state index < -0.39 is 0 Å². The van der Waals surface area contributed by atoms with E-state index in [1.54, 1.807) is 6.07 Å². The fraction of sp³-hybridized carbons (Fsp3) is 0.250. The van der Waals surface area contributed by atoms with Gasteiger partial charge in [0.25, 0.3) is 0 Å². The standard InChI is InChI=1S/C16H17Cl2NO/c1-2-9-20-16-6-4-3-5-15(16)19-11-12-7-8-13(17)10-14(12)18/h3-8,10,19H,2,9,11H2,1H3. The second-order valence-corrected chi connectivity index (χ2v) is 5.28. The molecule has 0 aliphatic heterocycles. The summed E-state index contributed by atoms with van der Waals surface area (Å²) in [6, 6.07) is 13.4. The maximum Gasteiger partial charge on any atom is 0.142 e. The van der Waals surface area contributed by atoms with Gasteiger partial charge in [-0.05, 0) is 36.2 Å². The van der Waals surface area contributed by atoms with Crippen LogP contribution in [0.4, 0.5) is 5.69 Å². The topological polar surface area (TPSA) is 21.3 Å². The number of hydrogen-bond acceptors (Lipinski definition) is 2. The molecule has 0 unspecified atom stereocenters.